The number of rotatable bonds is 8. The minimum absolute atomic E-state index is 0.00848. The maximum atomic E-state index is 14.7. The third kappa shape index (κ3) is 6.49. The van der Waals surface area contributed by atoms with Gasteiger partial charge in [0.1, 0.15) is 40.7 Å². The fraction of sp³-hybridized carbons (Fsp3) is 0.333. The van der Waals surface area contributed by atoms with Crippen LogP contribution in [0.2, 0.25) is 0 Å². The number of carbonyl (C=O) groups is 4. The number of fused-ring (bicyclic) bond motifs is 1. The number of likely N-dealkylation sites (N-methyl/N-ethyl adjacent to an activating group) is 1. The lowest BCUT2D eigenvalue weighted by molar-refractivity contribution is -0.137. The fourth-order valence-corrected chi connectivity index (χ4v) is 5.35. The van der Waals surface area contributed by atoms with Gasteiger partial charge in [-0.3, -0.25) is 23.9 Å². The van der Waals surface area contributed by atoms with Crippen LogP contribution in [0.1, 0.15) is 35.2 Å². The number of likely N-dealkylation sites (tertiary alicyclic amines) is 1. The highest BCUT2D eigenvalue weighted by molar-refractivity contribution is 9.10. The van der Waals surface area contributed by atoms with Gasteiger partial charge in [0.25, 0.3) is 0 Å². The number of hydrogen-bond donors (Lipinski definition) is 1. The Labute approximate surface area is 260 Å². The fourth-order valence-electron chi connectivity index (χ4n) is 5.04. The Morgan fingerprint density at radius 3 is 2.50 bits per heavy atom. The quantitative estimate of drug-likeness (QED) is 0.223. The number of Topliss-reactive ketones (excluding diaryl/α,β-unsaturated/α-hetero) is 1. The Hall–Kier alpha value is -4.59. The second-order valence-electron chi connectivity index (χ2n) is 10.8. The molecule has 0 saturated carbocycles. The summed E-state index contributed by atoms with van der Waals surface area (Å²) >= 11 is 3.28. The van der Waals surface area contributed by atoms with Crippen molar-refractivity contribution in [2.75, 3.05) is 26.0 Å². The molecule has 12 nitrogen and oxygen atoms in total. The Morgan fingerprint density at radius 2 is 1.82 bits per heavy atom. The van der Waals surface area contributed by atoms with Crippen LogP contribution in [0.5, 0.6) is 0 Å². The van der Waals surface area contributed by atoms with E-state index in [2.05, 4.69) is 41.3 Å². The molecule has 1 aromatic carbocycles. The molecule has 3 amide bonds. The van der Waals surface area contributed by atoms with Crippen LogP contribution >= 0.6 is 15.9 Å². The smallest absolute Gasteiger partial charge is 0.248 e. The van der Waals surface area contributed by atoms with Crippen molar-refractivity contribution in [3.05, 3.63) is 64.4 Å². The highest BCUT2D eigenvalue weighted by Crippen LogP contribution is 2.28. The molecule has 228 valence electrons. The van der Waals surface area contributed by atoms with Crippen LogP contribution in [0.25, 0.3) is 22.0 Å². The topological polar surface area (TPSA) is 143 Å². The number of carbonyl (C=O) groups excluding carboxylic acids is 4. The molecule has 0 unspecified atom stereocenters. The van der Waals surface area contributed by atoms with Crippen molar-refractivity contribution in [2.24, 2.45) is 0 Å². The van der Waals surface area contributed by atoms with Gasteiger partial charge < -0.3 is 15.1 Å². The van der Waals surface area contributed by atoms with Gasteiger partial charge in [0.05, 0.1) is 18.5 Å². The average Bonchev–Trinajstić information content (AvgIpc) is 3.55. The molecule has 2 atom stereocenters. The molecule has 4 heterocycles. The van der Waals surface area contributed by atoms with E-state index in [0.29, 0.717) is 26.9 Å². The molecule has 5 rings (SSSR count). The summed E-state index contributed by atoms with van der Waals surface area (Å²) < 4.78 is 16.5. The van der Waals surface area contributed by atoms with Gasteiger partial charge in [0.15, 0.2) is 5.78 Å². The molecule has 4 aromatic rings. The van der Waals surface area contributed by atoms with E-state index in [1.165, 1.54) is 21.4 Å². The van der Waals surface area contributed by atoms with Crippen molar-refractivity contribution in [3.8, 4) is 11.1 Å². The first-order chi connectivity index (χ1) is 20.9. The first-order valence-electron chi connectivity index (χ1n) is 13.8. The molecule has 1 aliphatic heterocycles. The van der Waals surface area contributed by atoms with Crippen molar-refractivity contribution < 1.29 is 23.6 Å². The molecule has 1 fully saturated rings. The number of amides is 3. The monoisotopic (exact) mass is 664 g/mol. The highest BCUT2D eigenvalue weighted by atomic mass is 79.9. The summed E-state index contributed by atoms with van der Waals surface area (Å²) in [5.74, 6) is -0.864. The highest BCUT2D eigenvalue weighted by Gasteiger charge is 2.40. The number of aromatic nitrogens is 5. The molecule has 1 saturated heterocycles. The Morgan fingerprint density at radius 1 is 1.09 bits per heavy atom. The molecule has 1 aliphatic rings. The third-order valence-electron chi connectivity index (χ3n) is 7.38. The van der Waals surface area contributed by atoms with Gasteiger partial charge in [0, 0.05) is 56.3 Å². The predicted molar refractivity (Wildman–Crippen MR) is 163 cm³/mol. The summed E-state index contributed by atoms with van der Waals surface area (Å²) in [6.07, 6.45) is 1.75. The summed E-state index contributed by atoms with van der Waals surface area (Å²) in [4.78, 5) is 67.1. The Balaban J connectivity index is 1.39. The lowest BCUT2D eigenvalue weighted by Gasteiger charge is -2.24. The number of hydrogen-bond acceptors (Lipinski definition) is 8. The zero-order chi connectivity index (χ0) is 31.7. The van der Waals surface area contributed by atoms with Gasteiger partial charge in [0.2, 0.25) is 17.7 Å². The van der Waals surface area contributed by atoms with E-state index >= 15 is 0 Å². The molecule has 0 bridgehead atoms. The van der Waals surface area contributed by atoms with E-state index in [0.717, 1.165) is 11.1 Å². The lowest BCUT2D eigenvalue weighted by Crippen LogP contribution is -2.44. The number of halogens is 2. The van der Waals surface area contributed by atoms with Crippen LogP contribution in [0.4, 0.5) is 10.2 Å². The third-order valence-corrected chi connectivity index (χ3v) is 7.82. The van der Waals surface area contributed by atoms with Crippen LogP contribution in [0.15, 0.2) is 47.3 Å². The number of ketones is 1. The number of alkyl halides is 1. The van der Waals surface area contributed by atoms with Crippen molar-refractivity contribution in [2.45, 2.75) is 45.4 Å². The molecule has 14 heteroatoms. The predicted octanol–water partition coefficient (Wildman–Crippen LogP) is 3.37. The first-order valence-corrected chi connectivity index (χ1v) is 14.6. The maximum Gasteiger partial charge on any atom is 0.248 e. The summed E-state index contributed by atoms with van der Waals surface area (Å²) in [5, 5.41) is 7.65. The van der Waals surface area contributed by atoms with Gasteiger partial charge in [-0.2, -0.15) is 5.10 Å². The molecule has 1 N–H and O–H groups in total. The van der Waals surface area contributed by atoms with E-state index in [4.69, 9.17) is 0 Å². The maximum absolute atomic E-state index is 14.7. The number of benzene rings is 1. The summed E-state index contributed by atoms with van der Waals surface area (Å²) in [6.45, 7) is 2.58. The van der Waals surface area contributed by atoms with E-state index < -0.39 is 24.0 Å². The molecule has 3 aromatic heterocycles. The standard InChI is InChI=1S/C30H30BrFN8O4/c1-16(41)28-22-9-18(20-12-33-17(2)34-13-20)5-7-23(22)40(37-28)15-27(43)39-14-21(32)11-24(39)30(44)36-29-19(6-8-25(31)35-29)10-26(42)38(3)4/h5-9,12-13,21,24H,10-11,14-15H2,1-4H3,(H,35,36,44)/t21-,24+/m1/s1. The van der Waals surface area contributed by atoms with Crippen LogP contribution in [-0.4, -0.2) is 90.9 Å². The Kier molecular flexibility index (Phi) is 8.81. The van der Waals surface area contributed by atoms with Crippen LogP contribution in [-0.2, 0) is 27.3 Å². The minimum atomic E-state index is -1.42. The van der Waals surface area contributed by atoms with Gasteiger partial charge >= 0.3 is 0 Å². The number of nitrogens with one attached hydrogen (secondary N) is 1. The normalized spacial score (nSPS) is 16.3. The summed E-state index contributed by atoms with van der Waals surface area (Å²) in [7, 11) is 3.24. The molecular weight excluding hydrogens is 635 g/mol. The average molecular weight is 666 g/mol. The number of anilines is 1. The van der Waals surface area contributed by atoms with Crippen molar-refractivity contribution in [1.82, 2.24) is 34.5 Å². The molecule has 0 aliphatic carbocycles. The van der Waals surface area contributed by atoms with Gasteiger partial charge in [-0.05, 0) is 46.6 Å². The van der Waals surface area contributed by atoms with Crippen molar-refractivity contribution in [3.63, 3.8) is 0 Å². The zero-order valence-corrected chi connectivity index (χ0v) is 26.1. The molecule has 0 radical (unpaired) electrons. The van der Waals surface area contributed by atoms with E-state index in [9.17, 15) is 23.6 Å². The summed E-state index contributed by atoms with van der Waals surface area (Å²) in [5.41, 5.74) is 2.72. The van der Waals surface area contributed by atoms with Crippen LogP contribution in [0, 0.1) is 6.92 Å². The Bertz CT molecular complexity index is 1770. The van der Waals surface area contributed by atoms with Crippen LogP contribution in [0.3, 0.4) is 0 Å². The molecular formula is C30H30BrFN8O4. The molecule has 0 spiro atoms. The number of pyridine rings is 1. The largest absolute Gasteiger partial charge is 0.349 e. The number of nitrogens with zero attached hydrogens (tertiary/aromatic N) is 7. The summed E-state index contributed by atoms with van der Waals surface area (Å²) in [6, 6.07) is 7.56. The second-order valence-corrected chi connectivity index (χ2v) is 11.6. The van der Waals surface area contributed by atoms with Gasteiger partial charge in [-0.25, -0.2) is 19.3 Å². The van der Waals surface area contributed by atoms with E-state index in [1.54, 1.807) is 57.7 Å². The van der Waals surface area contributed by atoms with Crippen molar-refractivity contribution >= 4 is 56.2 Å². The number of aryl methyl sites for hydroxylation is 1. The van der Waals surface area contributed by atoms with Crippen LogP contribution < -0.4 is 5.32 Å². The van der Waals surface area contributed by atoms with Gasteiger partial charge in [-0.1, -0.05) is 12.1 Å². The van der Waals surface area contributed by atoms with Crippen molar-refractivity contribution in [1.29, 1.82) is 0 Å². The van der Waals surface area contributed by atoms with E-state index in [1.807, 2.05) is 6.07 Å². The van der Waals surface area contributed by atoms with Gasteiger partial charge in [-0.15, -0.1) is 0 Å². The first kappa shape index (κ1) is 30.9. The van der Waals surface area contributed by atoms with E-state index in [-0.39, 0.29) is 49.1 Å². The zero-order valence-electron chi connectivity index (χ0n) is 24.5. The lowest BCUT2D eigenvalue weighted by atomic mass is 10.0. The molecule has 44 heavy (non-hydrogen) atoms. The minimum Gasteiger partial charge on any atom is -0.349 e. The second kappa shape index (κ2) is 12.6. The SMILES string of the molecule is CC(=O)c1nn(CC(=O)N2C[C@H](F)C[C@H]2C(=O)Nc2nc(Br)ccc2CC(=O)N(C)C)c2ccc(-c3cnc(C)nc3)cc12.